The Labute approximate surface area is 144 Å². The first-order chi connectivity index (χ1) is 11.5. The molecule has 2 aromatic rings. The second-order valence-electron chi connectivity index (χ2n) is 5.59. The molecule has 2 nitrogen and oxygen atoms in total. The minimum absolute atomic E-state index is 0.203. The molecule has 0 spiro atoms. The zero-order chi connectivity index (χ0) is 17.2. The van der Waals surface area contributed by atoms with Gasteiger partial charge in [-0.1, -0.05) is 48.6 Å². The molecule has 0 heterocycles. The molecule has 1 aliphatic rings. The van der Waals surface area contributed by atoms with Crippen LogP contribution >= 0.6 is 11.6 Å². The van der Waals surface area contributed by atoms with Crippen molar-refractivity contribution in [3.63, 3.8) is 0 Å². The Hall–Kier alpha value is -2.52. The smallest absolute Gasteiger partial charge is 0.192 e. The molecular formula is C20H14ClFO2. The number of alkyl halides is 1. The summed E-state index contributed by atoms with van der Waals surface area (Å²) in [4.78, 5) is 23.8. The van der Waals surface area contributed by atoms with Crippen LogP contribution in [0.5, 0.6) is 0 Å². The van der Waals surface area contributed by atoms with Gasteiger partial charge in [-0.2, -0.15) is 0 Å². The van der Waals surface area contributed by atoms with Crippen molar-refractivity contribution < 1.29 is 14.0 Å². The van der Waals surface area contributed by atoms with E-state index < -0.39 is 10.7 Å². The van der Waals surface area contributed by atoms with E-state index in [-0.39, 0.29) is 18.0 Å². The van der Waals surface area contributed by atoms with Crippen LogP contribution in [0.4, 0.5) is 4.39 Å². The molecule has 1 aliphatic carbocycles. The van der Waals surface area contributed by atoms with Crippen molar-refractivity contribution in [2.24, 2.45) is 0 Å². The zero-order valence-electron chi connectivity index (χ0n) is 12.7. The van der Waals surface area contributed by atoms with Gasteiger partial charge >= 0.3 is 0 Å². The molecule has 0 aliphatic heterocycles. The summed E-state index contributed by atoms with van der Waals surface area (Å²) in [6.07, 6.45) is 4.99. The van der Waals surface area contributed by atoms with Gasteiger partial charge in [0.25, 0.3) is 0 Å². The fourth-order valence-electron chi connectivity index (χ4n) is 2.55. The molecule has 0 bridgehead atoms. The zero-order valence-corrected chi connectivity index (χ0v) is 13.5. The van der Waals surface area contributed by atoms with Gasteiger partial charge in [-0.3, -0.25) is 9.59 Å². The Balaban J connectivity index is 1.79. The number of carbonyl (C=O) groups excluding carboxylic acids is 2. The number of hydrogen-bond acceptors (Lipinski definition) is 2. The van der Waals surface area contributed by atoms with Crippen molar-refractivity contribution in [3.8, 4) is 0 Å². The molecule has 0 saturated carbocycles. The second-order valence-corrected chi connectivity index (χ2v) is 6.27. The lowest BCUT2D eigenvalue weighted by Gasteiger charge is -2.24. The lowest BCUT2D eigenvalue weighted by atomic mass is 9.87. The van der Waals surface area contributed by atoms with E-state index in [0.717, 1.165) is 0 Å². The monoisotopic (exact) mass is 340 g/mol. The van der Waals surface area contributed by atoms with E-state index in [0.29, 0.717) is 16.7 Å². The Morgan fingerprint density at radius 1 is 0.958 bits per heavy atom. The first kappa shape index (κ1) is 16.3. The van der Waals surface area contributed by atoms with E-state index in [1.54, 1.807) is 42.5 Å². The van der Waals surface area contributed by atoms with E-state index in [9.17, 15) is 14.0 Å². The Morgan fingerprint density at radius 2 is 1.62 bits per heavy atom. The molecule has 0 aromatic heterocycles. The van der Waals surface area contributed by atoms with Crippen LogP contribution in [0.2, 0.25) is 0 Å². The van der Waals surface area contributed by atoms with Gasteiger partial charge in [0.1, 0.15) is 10.7 Å². The molecule has 1 unspecified atom stereocenters. The van der Waals surface area contributed by atoms with Crippen molar-refractivity contribution in [2.45, 2.75) is 11.3 Å². The van der Waals surface area contributed by atoms with E-state index in [2.05, 4.69) is 0 Å². The van der Waals surface area contributed by atoms with Crippen LogP contribution in [0.3, 0.4) is 0 Å². The first-order valence-corrected chi connectivity index (χ1v) is 7.86. The molecule has 1 atom stereocenters. The third-order valence-electron chi connectivity index (χ3n) is 3.93. The number of allylic oxidation sites excluding steroid dienone is 4. The summed E-state index contributed by atoms with van der Waals surface area (Å²) in [6.45, 7) is 0. The van der Waals surface area contributed by atoms with E-state index >= 15 is 0 Å². The van der Waals surface area contributed by atoms with Gasteiger partial charge in [-0.15, -0.1) is 11.6 Å². The fourth-order valence-corrected chi connectivity index (χ4v) is 2.80. The standard InChI is InChI=1S/C20H14ClFO2/c21-20(19(24)16-4-2-1-3-5-16)12-10-15(11-13-20)18(23)14-6-8-17(22)9-7-14/h1-12H,13H2. The minimum atomic E-state index is -1.19. The Kier molecular flexibility index (Phi) is 4.45. The van der Waals surface area contributed by atoms with Gasteiger partial charge in [-0.25, -0.2) is 4.39 Å². The average Bonchev–Trinajstić information content (AvgIpc) is 2.62. The topological polar surface area (TPSA) is 34.1 Å². The summed E-state index contributed by atoms with van der Waals surface area (Å²) < 4.78 is 12.9. The maximum absolute atomic E-state index is 12.9. The van der Waals surface area contributed by atoms with Crippen LogP contribution in [-0.2, 0) is 0 Å². The number of Topliss-reactive ketones (excluding diaryl/α,β-unsaturated/α-hetero) is 2. The molecule has 0 saturated heterocycles. The number of rotatable bonds is 4. The normalized spacial score (nSPS) is 19.7. The lowest BCUT2D eigenvalue weighted by molar-refractivity contribution is 0.0956. The second kappa shape index (κ2) is 6.54. The molecule has 4 heteroatoms. The predicted octanol–water partition coefficient (Wildman–Crippen LogP) is 4.76. The van der Waals surface area contributed by atoms with Crippen molar-refractivity contribution >= 4 is 23.2 Å². The van der Waals surface area contributed by atoms with E-state index in [1.165, 1.54) is 24.3 Å². The molecule has 3 rings (SSSR count). The SMILES string of the molecule is O=C(C1=CCC(Cl)(C(=O)c2ccccc2)C=C1)c1ccc(F)cc1. The van der Waals surface area contributed by atoms with Gasteiger partial charge in [-0.05, 0) is 30.7 Å². The molecule has 0 fully saturated rings. The molecule has 0 N–H and O–H groups in total. The third kappa shape index (κ3) is 3.22. The molecule has 2 aromatic carbocycles. The molecule has 120 valence electrons. The summed E-state index contributed by atoms with van der Waals surface area (Å²) in [6, 6.07) is 14.2. The Morgan fingerprint density at radius 3 is 2.21 bits per heavy atom. The van der Waals surface area contributed by atoms with Crippen molar-refractivity contribution in [3.05, 3.63) is 95.3 Å². The van der Waals surface area contributed by atoms with Crippen LogP contribution in [-0.4, -0.2) is 16.4 Å². The number of carbonyl (C=O) groups is 2. The molecule has 24 heavy (non-hydrogen) atoms. The van der Waals surface area contributed by atoms with Gasteiger partial charge in [0.2, 0.25) is 0 Å². The van der Waals surface area contributed by atoms with Crippen molar-refractivity contribution in [1.82, 2.24) is 0 Å². The van der Waals surface area contributed by atoms with Crippen LogP contribution in [0.15, 0.2) is 78.4 Å². The van der Waals surface area contributed by atoms with Crippen LogP contribution in [0.1, 0.15) is 27.1 Å². The summed E-state index contributed by atoms with van der Waals surface area (Å²) in [5, 5.41) is 0. The highest BCUT2D eigenvalue weighted by atomic mass is 35.5. The average molecular weight is 341 g/mol. The van der Waals surface area contributed by atoms with Crippen molar-refractivity contribution in [2.75, 3.05) is 0 Å². The van der Waals surface area contributed by atoms with E-state index in [1.807, 2.05) is 6.07 Å². The highest BCUT2D eigenvalue weighted by Gasteiger charge is 2.35. The maximum atomic E-state index is 12.9. The largest absolute Gasteiger partial charge is 0.292 e. The minimum Gasteiger partial charge on any atom is -0.292 e. The molecule has 0 radical (unpaired) electrons. The van der Waals surface area contributed by atoms with Gasteiger partial charge in [0, 0.05) is 16.7 Å². The fraction of sp³-hybridized carbons (Fsp3) is 0.100. The van der Waals surface area contributed by atoms with Crippen LogP contribution in [0, 0.1) is 5.82 Å². The van der Waals surface area contributed by atoms with Crippen molar-refractivity contribution in [1.29, 1.82) is 0 Å². The molecule has 0 amide bonds. The lowest BCUT2D eigenvalue weighted by Crippen LogP contribution is -2.31. The summed E-state index contributed by atoms with van der Waals surface area (Å²) in [5.41, 5.74) is 1.36. The quantitative estimate of drug-likeness (QED) is 0.594. The maximum Gasteiger partial charge on any atom is 0.192 e. The number of halogens is 2. The first-order valence-electron chi connectivity index (χ1n) is 7.48. The van der Waals surface area contributed by atoms with E-state index in [4.69, 9.17) is 11.6 Å². The van der Waals surface area contributed by atoms with Gasteiger partial charge < -0.3 is 0 Å². The van der Waals surface area contributed by atoms with Crippen LogP contribution < -0.4 is 0 Å². The number of hydrogen-bond donors (Lipinski definition) is 0. The van der Waals surface area contributed by atoms with Gasteiger partial charge in [0.05, 0.1) is 0 Å². The summed E-state index contributed by atoms with van der Waals surface area (Å²) in [5.74, 6) is -0.823. The summed E-state index contributed by atoms with van der Waals surface area (Å²) >= 11 is 6.46. The van der Waals surface area contributed by atoms with Crippen LogP contribution in [0.25, 0.3) is 0 Å². The number of ketones is 2. The third-order valence-corrected chi connectivity index (χ3v) is 4.38. The molecular weight excluding hydrogens is 327 g/mol. The highest BCUT2D eigenvalue weighted by Crippen LogP contribution is 2.32. The predicted molar refractivity (Wildman–Crippen MR) is 91.9 cm³/mol. The number of benzene rings is 2. The highest BCUT2D eigenvalue weighted by molar-refractivity contribution is 6.40. The Bertz CT molecular complexity index is 838. The summed E-state index contributed by atoms with van der Waals surface area (Å²) in [7, 11) is 0. The van der Waals surface area contributed by atoms with Gasteiger partial charge in [0.15, 0.2) is 11.6 Å².